The molecule has 0 aliphatic heterocycles. The zero-order chi connectivity index (χ0) is 15.7. The molecular weight excluding hydrogens is 289 g/mol. The Balaban J connectivity index is 2.63. The van der Waals surface area contributed by atoms with Gasteiger partial charge >= 0.3 is 7.60 Å². The molecule has 0 fully saturated rings. The summed E-state index contributed by atoms with van der Waals surface area (Å²) in [7, 11) is -3.38. The maximum absolute atomic E-state index is 13.0. The highest BCUT2D eigenvalue weighted by molar-refractivity contribution is 7.62. The predicted molar refractivity (Wildman–Crippen MR) is 83.2 cm³/mol. The van der Waals surface area contributed by atoms with Crippen LogP contribution < -0.4 is 5.30 Å². The maximum Gasteiger partial charge on any atom is 0.363 e. The molecule has 6 heteroatoms. The zero-order valence-corrected chi connectivity index (χ0v) is 14.1. The molecule has 0 aliphatic rings. The van der Waals surface area contributed by atoms with Gasteiger partial charge in [0.25, 0.3) is 0 Å². The fourth-order valence-electron chi connectivity index (χ4n) is 1.99. The number of hydrogen-bond donors (Lipinski definition) is 0. The normalized spacial score (nSPS) is 13.0. The van der Waals surface area contributed by atoms with Gasteiger partial charge in [-0.25, -0.2) is 4.98 Å². The molecule has 21 heavy (non-hydrogen) atoms. The monoisotopic (exact) mass is 311 g/mol. The van der Waals surface area contributed by atoms with E-state index in [1.54, 1.807) is 26.0 Å². The number of fused-ring (bicyclic) bond motifs is 1. The van der Waals surface area contributed by atoms with Crippen molar-refractivity contribution in [2.24, 2.45) is 0 Å². The van der Waals surface area contributed by atoms with Crippen molar-refractivity contribution in [3.63, 3.8) is 0 Å². The van der Waals surface area contributed by atoms with Crippen LogP contribution >= 0.6 is 7.60 Å². The SMILES string of the molecule is CCOP(=O)(OCC)c1cccc2oc(C(C)(C)C)nc12. The molecule has 1 heterocycles. The minimum Gasteiger partial charge on any atom is -0.440 e. The molecule has 0 saturated heterocycles. The van der Waals surface area contributed by atoms with E-state index in [0.717, 1.165) is 0 Å². The van der Waals surface area contributed by atoms with Gasteiger partial charge in [0.15, 0.2) is 5.58 Å². The molecule has 1 aromatic carbocycles. The van der Waals surface area contributed by atoms with Gasteiger partial charge in [-0.1, -0.05) is 26.8 Å². The third-order valence-electron chi connectivity index (χ3n) is 2.93. The summed E-state index contributed by atoms with van der Waals surface area (Å²) >= 11 is 0. The second-order valence-electron chi connectivity index (χ2n) is 5.73. The molecule has 116 valence electrons. The van der Waals surface area contributed by atoms with Crippen LogP contribution in [0, 0.1) is 0 Å². The highest BCUT2D eigenvalue weighted by Crippen LogP contribution is 2.48. The maximum atomic E-state index is 13.0. The fraction of sp³-hybridized carbons (Fsp3) is 0.533. The molecule has 0 aliphatic carbocycles. The van der Waals surface area contributed by atoms with Gasteiger partial charge in [0.1, 0.15) is 5.52 Å². The van der Waals surface area contributed by atoms with Crippen LogP contribution in [0.1, 0.15) is 40.5 Å². The van der Waals surface area contributed by atoms with E-state index in [1.807, 2.05) is 26.8 Å². The Kier molecular flexibility index (Phi) is 4.57. The summed E-state index contributed by atoms with van der Waals surface area (Å²) in [5.74, 6) is 0.601. The van der Waals surface area contributed by atoms with Crippen molar-refractivity contribution in [1.82, 2.24) is 4.98 Å². The summed E-state index contributed by atoms with van der Waals surface area (Å²) in [5.41, 5.74) is 0.919. The Hall–Kier alpha value is -1.16. The first-order valence-electron chi connectivity index (χ1n) is 7.11. The number of oxazole rings is 1. The smallest absolute Gasteiger partial charge is 0.363 e. The minimum atomic E-state index is -3.38. The predicted octanol–water partition coefficient (Wildman–Crippen LogP) is 4.02. The topological polar surface area (TPSA) is 61.6 Å². The van der Waals surface area contributed by atoms with Crippen molar-refractivity contribution >= 4 is 24.0 Å². The quantitative estimate of drug-likeness (QED) is 0.781. The first-order valence-corrected chi connectivity index (χ1v) is 8.66. The third kappa shape index (κ3) is 3.20. The van der Waals surface area contributed by atoms with Crippen LogP contribution in [0.4, 0.5) is 0 Å². The first-order chi connectivity index (χ1) is 9.81. The number of hydrogen-bond acceptors (Lipinski definition) is 5. The number of para-hydroxylation sites is 1. The summed E-state index contributed by atoms with van der Waals surface area (Å²) in [5, 5.41) is 0.461. The summed E-state index contributed by atoms with van der Waals surface area (Å²) < 4.78 is 29.6. The van der Waals surface area contributed by atoms with E-state index in [9.17, 15) is 4.57 Å². The van der Waals surface area contributed by atoms with Crippen molar-refractivity contribution in [2.75, 3.05) is 13.2 Å². The van der Waals surface area contributed by atoms with Crippen LogP contribution in [0.3, 0.4) is 0 Å². The molecule has 2 aromatic rings. The van der Waals surface area contributed by atoms with Crippen LogP contribution in [-0.2, 0) is 19.0 Å². The third-order valence-corrected chi connectivity index (χ3v) is 5.08. The fourth-order valence-corrected chi connectivity index (χ4v) is 3.71. The van der Waals surface area contributed by atoms with E-state index in [2.05, 4.69) is 4.98 Å². The molecule has 0 unspecified atom stereocenters. The molecule has 5 nitrogen and oxygen atoms in total. The summed E-state index contributed by atoms with van der Waals surface area (Å²) in [6.45, 7) is 10.2. The van der Waals surface area contributed by atoms with E-state index in [0.29, 0.717) is 35.5 Å². The van der Waals surface area contributed by atoms with Gasteiger partial charge in [0, 0.05) is 5.41 Å². The van der Waals surface area contributed by atoms with Crippen LogP contribution in [-0.4, -0.2) is 18.2 Å². The lowest BCUT2D eigenvalue weighted by Crippen LogP contribution is -2.14. The van der Waals surface area contributed by atoms with Crippen LogP contribution in [0.25, 0.3) is 11.1 Å². The van der Waals surface area contributed by atoms with Crippen molar-refractivity contribution < 1.29 is 18.0 Å². The molecular formula is C15H22NO4P. The van der Waals surface area contributed by atoms with Crippen LogP contribution in [0.5, 0.6) is 0 Å². The molecule has 0 N–H and O–H groups in total. The van der Waals surface area contributed by atoms with E-state index in [-0.39, 0.29) is 5.41 Å². The Morgan fingerprint density at radius 3 is 2.33 bits per heavy atom. The van der Waals surface area contributed by atoms with E-state index < -0.39 is 7.60 Å². The van der Waals surface area contributed by atoms with Crippen LogP contribution in [0.2, 0.25) is 0 Å². The standard InChI is InChI=1S/C15H22NO4P/c1-6-18-21(17,19-7-2)12-10-8-9-11-13(12)16-14(20-11)15(3,4)5/h8-10H,6-7H2,1-5H3. The van der Waals surface area contributed by atoms with Gasteiger partial charge in [-0.2, -0.15) is 0 Å². The molecule has 0 bridgehead atoms. The highest BCUT2D eigenvalue weighted by Gasteiger charge is 2.32. The molecule has 0 saturated carbocycles. The van der Waals surface area contributed by atoms with Gasteiger partial charge in [-0.05, 0) is 26.0 Å². The Labute approximate surface area is 125 Å². The van der Waals surface area contributed by atoms with Gasteiger partial charge < -0.3 is 13.5 Å². The van der Waals surface area contributed by atoms with Gasteiger partial charge in [-0.3, -0.25) is 4.57 Å². The van der Waals surface area contributed by atoms with Gasteiger partial charge in [0.05, 0.1) is 18.5 Å². The lowest BCUT2D eigenvalue weighted by atomic mass is 9.97. The van der Waals surface area contributed by atoms with E-state index in [4.69, 9.17) is 13.5 Å². The largest absolute Gasteiger partial charge is 0.440 e. The summed E-state index contributed by atoms with van der Waals surface area (Å²) in [4.78, 5) is 4.52. The molecule has 0 amide bonds. The average Bonchev–Trinajstić information content (AvgIpc) is 2.82. The number of aromatic nitrogens is 1. The average molecular weight is 311 g/mol. The Bertz CT molecular complexity index is 662. The summed E-state index contributed by atoms with van der Waals surface area (Å²) in [6, 6.07) is 5.31. The Morgan fingerprint density at radius 1 is 1.19 bits per heavy atom. The lowest BCUT2D eigenvalue weighted by Gasteiger charge is -2.17. The first kappa shape index (κ1) is 16.2. The van der Waals surface area contributed by atoms with E-state index >= 15 is 0 Å². The van der Waals surface area contributed by atoms with Gasteiger partial charge in [0.2, 0.25) is 5.89 Å². The molecule has 1 aromatic heterocycles. The highest BCUT2D eigenvalue weighted by atomic mass is 31.2. The number of rotatable bonds is 5. The molecule has 0 atom stereocenters. The molecule has 2 rings (SSSR count). The zero-order valence-electron chi connectivity index (χ0n) is 13.2. The number of benzene rings is 1. The van der Waals surface area contributed by atoms with Crippen molar-refractivity contribution in [1.29, 1.82) is 0 Å². The Morgan fingerprint density at radius 2 is 1.81 bits per heavy atom. The van der Waals surface area contributed by atoms with Gasteiger partial charge in [-0.15, -0.1) is 0 Å². The lowest BCUT2D eigenvalue weighted by molar-refractivity contribution is 0.230. The van der Waals surface area contributed by atoms with Crippen molar-refractivity contribution in [2.45, 2.75) is 40.0 Å². The number of nitrogens with zero attached hydrogens (tertiary/aromatic N) is 1. The summed E-state index contributed by atoms with van der Waals surface area (Å²) in [6.07, 6.45) is 0. The second kappa shape index (κ2) is 5.91. The minimum absolute atomic E-state index is 0.225. The molecule has 0 radical (unpaired) electrons. The van der Waals surface area contributed by atoms with Crippen molar-refractivity contribution in [3.05, 3.63) is 24.1 Å². The van der Waals surface area contributed by atoms with Crippen molar-refractivity contribution in [3.8, 4) is 0 Å². The van der Waals surface area contributed by atoms with Crippen LogP contribution in [0.15, 0.2) is 22.6 Å². The molecule has 0 spiro atoms. The second-order valence-corrected chi connectivity index (χ2v) is 7.72. The van der Waals surface area contributed by atoms with E-state index in [1.165, 1.54) is 0 Å².